The van der Waals surface area contributed by atoms with Crippen LogP contribution in [-0.4, -0.2) is 7.05 Å². The van der Waals surface area contributed by atoms with Gasteiger partial charge in [0.1, 0.15) is 0 Å². The van der Waals surface area contributed by atoms with Crippen LogP contribution in [0.25, 0.3) is 0 Å². The van der Waals surface area contributed by atoms with Crippen molar-refractivity contribution in [2.75, 3.05) is 7.05 Å². The van der Waals surface area contributed by atoms with E-state index in [9.17, 15) is 0 Å². The number of benzene rings is 1. The highest BCUT2D eigenvalue weighted by molar-refractivity contribution is 6.31. The van der Waals surface area contributed by atoms with E-state index < -0.39 is 0 Å². The molecule has 1 aromatic carbocycles. The summed E-state index contributed by atoms with van der Waals surface area (Å²) < 4.78 is 0. The fourth-order valence-electron chi connectivity index (χ4n) is 1.73. The molecule has 0 spiro atoms. The Morgan fingerprint density at radius 1 is 1.29 bits per heavy atom. The first-order valence-corrected chi connectivity index (χ1v) is 5.37. The molecule has 0 aliphatic heterocycles. The van der Waals surface area contributed by atoms with Crippen LogP contribution in [0.5, 0.6) is 0 Å². The maximum Gasteiger partial charge on any atom is 0.0456 e. The predicted octanol–water partition coefficient (Wildman–Crippen LogP) is 3.56. The lowest BCUT2D eigenvalue weighted by Crippen LogP contribution is -2.22. The van der Waals surface area contributed by atoms with Gasteiger partial charge in [0.25, 0.3) is 0 Å². The van der Waals surface area contributed by atoms with Gasteiger partial charge in [-0.05, 0) is 37.1 Å². The summed E-state index contributed by atoms with van der Waals surface area (Å²) in [6, 6.07) is 6.57. The standard InChI is InChI=1S/C12H18ClN/c1-8(2)12(14-4)10-6-5-9(3)7-11(10)13/h5-8,12,14H,1-4H3. The molecule has 0 radical (unpaired) electrons. The maximum absolute atomic E-state index is 6.21. The van der Waals surface area contributed by atoms with Gasteiger partial charge in [-0.3, -0.25) is 0 Å². The summed E-state index contributed by atoms with van der Waals surface area (Å²) in [6.45, 7) is 6.44. The summed E-state index contributed by atoms with van der Waals surface area (Å²) in [5.41, 5.74) is 2.40. The molecular weight excluding hydrogens is 194 g/mol. The summed E-state index contributed by atoms with van der Waals surface area (Å²) in [6.07, 6.45) is 0. The Kier molecular flexibility index (Phi) is 3.97. The van der Waals surface area contributed by atoms with Crippen molar-refractivity contribution in [3.63, 3.8) is 0 Å². The number of halogens is 1. The molecule has 78 valence electrons. The van der Waals surface area contributed by atoms with E-state index in [2.05, 4.69) is 38.2 Å². The van der Waals surface area contributed by atoms with Crippen molar-refractivity contribution in [3.05, 3.63) is 34.3 Å². The lowest BCUT2D eigenvalue weighted by Gasteiger charge is -2.22. The average Bonchev–Trinajstić information content (AvgIpc) is 2.09. The predicted molar refractivity (Wildman–Crippen MR) is 62.8 cm³/mol. The zero-order chi connectivity index (χ0) is 10.7. The fourth-order valence-corrected chi connectivity index (χ4v) is 2.08. The Balaban J connectivity index is 3.04. The van der Waals surface area contributed by atoms with Crippen molar-refractivity contribution in [2.24, 2.45) is 5.92 Å². The van der Waals surface area contributed by atoms with Gasteiger partial charge in [-0.2, -0.15) is 0 Å². The fraction of sp³-hybridized carbons (Fsp3) is 0.500. The molecule has 2 heteroatoms. The second kappa shape index (κ2) is 4.81. The van der Waals surface area contributed by atoms with Gasteiger partial charge in [0.2, 0.25) is 0 Å². The van der Waals surface area contributed by atoms with Crippen LogP contribution >= 0.6 is 11.6 Å². The second-order valence-corrected chi connectivity index (χ2v) is 4.44. The number of rotatable bonds is 3. The zero-order valence-electron chi connectivity index (χ0n) is 9.26. The molecule has 0 saturated carbocycles. The second-order valence-electron chi connectivity index (χ2n) is 4.04. The van der Waals surface area contributed by atoms with Crippen molar-refractivity contribution >= 4 is 11.6 Å². The Morgan fingerprint density at radius 2 is 1.93 bits per heavy atom. The number of nitrogens with one attached hydrogen (secondary N) is 1. The van der Waals surface area contributed by atoms with Gasteiger partial charge in [-0.15, -0.1) is 0 Å². The third-order valence-electron chi connectivity index (χ3n) is 2.47. The monoisotopic (exact) mass is 211 g/mol. The first kappa shape index (κ1) is 11.5. The van der Waals surface area contributed by atoms with E-state index in [1.165, 1.54) is 11.1 Å². The van der Waals surface area contributed by atoms with Crippen LogP contribution in [0.3, 0.4) is 0 Å². The van der Waals surface area contributed by atoms with E-state index in [-0.39, 0.29) is 0 Å². The number of hydrogen-bond acceptors (Lipinski definition) is 1. The molecule has 14 heavy (non-hydrogen) atoms. The summed E-state index contributed by atoms with van der Waals surface area (Å²) in [5.74, 6) is 0.542. The third kappa shape index (κ3) is 2.49. The minimum absolute atomic E-state index is 0.336. The molecule has 0 heterocycles. The third-order valence-corrected chi connectivity index (χ3v) is 2.80. The summed E-state index contributed by atoms with van der Waals surface area (Å²) >= 11 is 6.21. The van der Waals surface area contributed by atoms with Gasteiger partial charge < -0.3 is 5.32 Å². The van der Waals surface area contributed by atoms with Gasteiger partial charge in [-0.1, -0.05) is 37.6 Å². The maximum atomic E-state index is 6.21. The molecule has 1 nitrogen and oxygen atoms in total. The van der Waals surface area contributed by atoms with Crippen LogP contribution in [0, 0.1) is 12.8 Å². The smallest absolute Gasteiger partial charge is 0.0456 e. The molecule has 1 unspecified atom stereocenters. The molecule has 0 aliphatic rings. The minimum Gasteiger partial charge on any atom is -0.313 e. The van der Waals surface area contributed by atoms with Crippen LogP contribution in [0.4, 0.5) is 0 Å². The van der Waals surface area contributed by atoms with E-state index >= 15 is 0 Å². The molecule has 0 amide bonds. The van der Waals surface area contributed by atoms with Crippen LogP contribution in [0.1, 0.15) is 31.0 Å². The van der Waals surface area contributed by atoms with Crippen LogP contribution in [-0.2, 0) is 0 Å². The highest BCUT2D eigenvalue weighted by Crippen LogP contribution is 2.28. The van der Waals surface area contributed by atoms with E-state index in [0.717, 1.165) is 5.02 Å². The van der Waals surface area contributed by atoms with Gasteiger partial charge >= 0.3 is 0 Å². The van der Waals surface area contributed by atoms with E-state index in [1.807, 2.05) is 13.1 Å². The van der Waals surface area contributed by atoms with E-state index in [0.29, 0.717) is 12.0 Å². The van der Waals surface area contributed by atoms with Gasteiger partial charge in [0, 0.05) is 11.1 Å². The topological polar surface area (TPSA) is 12.0 Å². The largest absolute Gasteiger partial charge is 0.313 e. The van der Waals surface area contributed by atoms with E-state index in [4.69, 9.17) is 11.6 Å². The lowest BCUT2D eigenvalue weighted by atomic mass is 9.95. The summed E-state index contributed by atoms with van der Waals surface area (Å²) in [5, 5.41) is 4.15. The average molecular weight is 212 g/mol. The van der Waals surface area contributed by atoms with Crippen molar-refractivity contribution in [3.8, 4) is 0 Å². The summed E-state index contributed by atoms with van der Waals surface area (Å²) in [7, 11) is 1.97. The highest BCUT2D eigenvalue weighted by Gasteiger charge is 2.15. The van der Waals surface area contributed by atoms with E-state index in [1.54, 1.807) is 0 Å². The summed E-state index contributed by atoms with van der Waals surface area (Å²) in [4.78, 5) is 0. The van der Waals surface area contributed by atoms with Gasteiger partial charge in [0.05, 0.1) is 0 Å². The first-order valence-electron chi connectivity index (χ1n) is 4.99. The molecule has 1 N–H and O–H groups in total. The number of hydrogen-bond donors (Lipinski definition) is 1. The Hall–Kier alpha value is -0.530. The Morgan fingerprint density at radius 3 is 2.36 bits per heavy atom. The van der Waals surface area contributed by atoms with Crippen molar-refractivity contribution in [1.82, 2.24) is 5.32 Å². The minimum atomic E-state index is 0.336. The highest BCUT2D eigenvalue weighted by atomic mass is 35.5. The molecule has 0 saturated heterocycles. The van der Waals surface area contributed by atoms with Crippen LogP contribution in [0.2, 0.25) is 5.02 Å². The van der Waals surface area contributed by atoms with Crippen molar-refractivity contribution in [1.29, 1.82) is 0 Å². The molecule has 0 aliphatic carbocycles. The zero-order valence-corrected chi connectivity index (χ0v) is 10.0. The SMILES string of the molecule is CNC(c1ccc(C)cc1Cl)C(C)C. The van der Waals surface area contributed by atoms with Crippen molar-refractivity contribution in [2.45, 2.75) is 26.8 Å². The van der Waals surface area contributed by atoms with Gasteiger partial charge in [0.15, 0.2) is 0 Å². The first-order chi connectivity index (χ1) is 6.56. The quantitative estimate of drug-likeness (QED) is 0.806. The van der Waals surface area contributed by atoms with Crippen LogP contribution in [0.15, 0.2) is 18.2 Å². The molecule has 1 aromatic rings. The molecule has 0 fully saturated rings. The molecule has 1 rings (SSSR count). The van der Waals surface area contributed by atoms with Gasteiger partial charge in [-0.25, -0.2) is 0 Å². The molecular formula is C12H18ClN. The van der Waals surface area contributed by atoms with Crippen LogP contribution < -0.4 is 5.32 Å². The lowest BCUT2D eigenvalue weighted by molar-refractivity contribution is 0.443. The molecule has 0 bridgehead atoms. The Bertz CT molecular complexity index is 307. The Labute approximate surface area is 91.5 Å². The molecule has 1 atom stereocenters. The number of aryl methyl sites for hydroxylation is 1. The normalized spacial score (nSPS) is 13.3. The molecule has 0 aromatic heterocycles. The van der Waals surface area contributed by atoms with Crippen molar-refractivity contribution < 1.29 is 0 Å².